The summed E-state index contributed by atoms with van der Waals surface area (Å²) in [6.07, 6.45) is 0. The lowest BCUT2D eigenvalue weighted by Gasteiger charge is -2.27. The number of aryl methyl sites for hydroxylation is 1. The summed E-state index contributed by atoms with van der Waals surface area (Å²) < 4.78 is 51.2. The first-order valence-corrected chi connectivity index (χ1v) is 12.5. The lowest BCUT2D eigenvalue weighted by atomic mass is 10.1. The Kier molecular flexibility index (Phi) is 6.10. The largest absolute Gasteiger partial charge is 0.497 e. The van der Waals surface area contributed by atoms with Crippen LogP contribution in [0.25, 0.3) is 0 Å². The first-order valence-electron chi connectivity index (χ1n) is 11.0. The Bertz CT molecular complexity index is 1380. The highest BCUT2D eigenvalue weighted by Gasteiger charge is 2.33. The van der Waals surface area contributed by atoms with Gasteiger partial charge in [-0.15, -0.1) is 0 Å². The van der Waals surface area contributed by atoms with Gasteiger partial charge in [0.05, 0.1) is 31.6 Å². The lowest BCUT2D eigenvalue weighted by Crippen LogP contribution is -2.40. The Labute approximate surface area is 203 Å². The molecule has 0 spiro atoms. The number of benzene rings is 3. The number of nitrogens with zero attached hydrogens (tertiary/aromatic N) is 1. The number of rotatable bonds is 5. The Morgan fingerprint density at radius 1 is 0.943 bits per heavy atom. The molecule has 1 saturated heterocycles. The number of nitrogens with one attached hydrogen (secondary N) is 1. The smallest absolute Gasteiger partial charge is 0.259 e. The first-order chi connectivity index (χ1) is 16.8. The van der Waals surface area contributed by atoms with Crippen LogP contribution in [0.5, 0.6) is 28.7 Å². The average molecular weight is 497 g/mol. The van der Waals surface area contributed by atoms with Crippen LogP contribution in [-0.4, -0.2) is 52.0 Å². The quantitative estimate of drug-likeness (QED) is 0.565. The first kappa shape index (κ1) is 23.2. The number of fused-ring (bicyclic) bond motifs is 2. The van der Waals surface area contributed by atoms with Gasteiger partial charge in [0, 0.05) is 19.2 Å². The van der Waals surface area contributed by atoms with Crippen LogP contribution < -0.4 is 19.5 Å². The van der Waals surface area contributed by atoms with Crippen molar-refractivity contribution in [3.05, 3.63) is 65.7 Å². The third kappa shape index (κ3) is 4.55. The monoisotopic (exact) mass is 496 g/mol. The van der Waals surface area contributed by atoms with E-state index in [9.17, 15) is 13.2 Å². The fraction of sp³-hybridized carbons (Fsp3) is 0.240. The van der Waals surface area contributed by atoms with E-state index in [0.29, 0.717) is 22.9 Å². The average Bonchev–Trinajstić information content (AvgIpc) is 2.99. The maximum Gasteiger partial charge on any atom is 0.259 e. The van der Waals surface area contributed by atoms with Crippen molar-refractivity contribution in [1.29, 1.82) is 0 Å². The molecule has 5 rings (SSSR count). The Hall–Kier alpha value is -3.60. The second kappa shape index (κ2) is 9.21. The van der Waals surface area contributed by atoms with Crippen LogP contribution in [0.4, 0.5) is 5.69 Å². The minimum atomic E-state index is -4.00. The third-order valence-electron chi connectivity index (χ3n) is 5.77. The van der Waals surface area contributed by atoms with Crippen molar-refractivity contribution in [3.8, 4) is 28.7 Å². The summed E-state index contributed by atoms with van der Waals surface area (Å²) in [6, 6.07) is 14.9. The van der Waals surface area contributed by atoms with Crippen molar-refractivity contribution in [1.82, 2.24) is 4.31 Å². The predicted octanol–water partition coefficient (Wildman–Crippen LogP) is 4.17. The van der Waals surface area contributed by atoms with Crippen molar-refractivity contribution >= 4 is 21.6 Å². The van der Waals surface area contributed by atoms with Gasteiger partial charge in [0.1, 0.15) is 22.1 Å². The number of methoxy groups -OCH3 is 1. The van der Waals surface area contributed by atoms with E-state index in [1.165, 1.54) is 16.4 Å². The standard InChI is InChI=1S/C25H24N2O7S/c1-16-3-8-21-20(13-16)26-25(28)19-14-24(35(29,30)27-9-11-32-12-10-27)23(15-22(19)34-21)33-18-6-4-17(31-2)5-7-18/h3-8,13-15H,9-12H2,1-2H3,(H,26,28). The van der Waals surface area contributed by atoms with Crippen LogP contribution >= 0.6 is 0 Å². The van der Waals surface area contributed by atoms with Gasteiger partial charge in [-0.2, -0.15) is 4.31 Å². The summed E-state index contributed by atoms with van der Waals surface area (Å²) in [4.78, 5) is 13.0. The predicted molar refractivity (Wildman–Crippen MR) is 128 cm³/mol. The van der Waals surface area contributed by atoms with E-state index < -0.39 is 15.9 Å². The fourth-order valence-corrected chi connectivity index (χ4v) is 5.45. The maximum absolute atomic E-state index is 13.6. The summed E-state index contributed by atoms with van der Waals surface area (Å²) in [5, 5.41) is 2.81. The molecule has 0 aromatic heterocycles. The van der Waals surface area contributed by atoms with Crippen molar-refractivity contribution in [2.24, 2.45) is 0 Å². The van der Waals surface area contributed by atoms with Crippen molar-refractivity contribution < 1.29 is 32.2 Å². The van der Waals surface area contributed by atoms with Crippen molar-refractivity contribution in [2.45, 2.75) is 11.8 Å². The molecule has 2 aliphatic rings. The summed E-state index contributed by atoms with van der Waals surface area (Å²) in [6.45, 7) is 2.89. The van der Waals surface area contributed by atoms with Crippen molar-refractivity contribution in [2.75, 3.05) is 38.7 Å². The maximum atomic E-state index is 13.6. The van der Waals surface area contributed by atoms with Gasteiger partial charge in [0.2, 0.25) is 10.0 Å². The fourth-order valence-electron chi connectivity index (χ4n) is 3.92. The molecule has 0 radical (unpaired) electrons. The molecule has 3 aromatic rings. The third-order valence-corrected chi connectivity index (χ3v) is 7.69. The highest BCUT2D eigenvalue weighted by molar-refractivity contribution is 7.89. The molecule has 0 unspecified atom stereocenters. The van der Waals surface area contributed by atoms with Gasteiger partial charge < -0.3 is 24.3 Å². The zero-order valence-electron chi connectivity index (χ0n) is 19.2. The van der Waals surface area contributed by atoms with E-state index in [4.69, 9.17) is 18.9 Å². The van der Waals surface area contributed by atoms with Gasteiger partial charge in [0.15, 0.2) is 11.5 Å². The molecule has 0 atom stereocenters. The molecular weight excluding hydrogens is 472 g/mol. The van der Waals surface area contributed by atoms with Gasteiger partial charge in [-0.1, -0.05) is 6.07 Å². The number of carbonyl (C=O) groups excluding carboxylic acids is 1. The second-order valence-corrected chi connectivity index (χ2v) is 10.1. The number of carbonyl (C=O) groups is 1. The molecular formula is C25H24N2O7S. The van der Waals surface area contributed by atoms with Gasteiger partial charge in [-0.25, -0.2) is 8.42 Å². The van der Waals surface area contributed by atoms with Gasteiger partial charge in [-0.3, -0.25) is 4.79 Å². The Balaban J connectivity index is 1.63. The molecule has 9 nitrogen and oxygen atoms in total. The minimum absolute atomic E-state index is 0.0452. The van der Waals surface area contributed by atoms with Crippen LogP contribution in [-0.2, 0) is 14.8 Å². The number of sulfonamides is 1. The molecule has 182 valence electrons. The number of ether oxygens (including phenoxy) is 4. The van der Waals surface area contributed by atoms with Crippen molar-refractivity contribution in [3.63, 3.8) is 0 Å². The molecule has 0 bridgehead atoms. The number of anilines is 1. The van der Waals surface area contributed by atoms with Gasteiger partial charge in [0.25, 0.3) is 5.91 Å². The summed E-state index contributed by atoms with van der Waals surface area (Å²) >= 11 is 0. The molecule has 35 heavy (non-hydrogen) atoms. The Morgan fingerprint density at radius 3 is 2.37 bits per heavy atom. The zero-order chi connectivity index (χ0) is 24.6. The summed E-state index contributed by atoms with van der Waals surface area (Å²) in [7, 11) is -2.45. The normalized spacial score (nSPS) is 15.8. The van der Waals surface area contributed by atoms with E-state index in [1.54, 1.807) is 43.5 Å². The topological polar surface area (TPSA) is 103 Å². The number of amides is 1. The summed E-state index contributed by atoms with van der Waals surface area (Å²) in [5.41, 5.74) is 1.53. The number of hydrogen-bond donors (Lipinski definition) is 1. The van der Waals surface area contributed by atoms with Crippen LogP contribution in [0.2, 0.25) is 0 Å². The van der Waals surface area contributed by atoms with E-state index in [1.807, 2.05) is 13.0 Å². The van der Waals surface area contributed by atoms with Crippen LogP contribution in [0.15, 0.2) is 59.5 Å². The molecule has 1 amide bonds. The number of morpholine rings is 1. The molecule has 2 heterocycles. The number of hydrogen-bond acceptors (Lipinski definition) is 7. The van der Waals surface area contributed by atoms with Crippen LogP contribution in [0.3, 0.4) is 0 Å². The molecule has 3 aromatic carbocycles. The van der Waals surface area contributed by atoms with Gasteiger partial charge in [-0.05, 0) is 55.0 Å². The molecule has 2 aliphatic heterocycles. The highest BCUT2D eigenvalue weighted by atomic mass is 32.2. The zero-order valence-corrected chi connectivity index (χ0v) is 20.1. The van der Waals surface area contributed by atoms with E-state index >= 15 is 0 Å². The van der Waals surface area contributed by atoms with E-state index in [-0.39, 0.29) is 48.3 Å². The minimum Gasteiger partial charge on any atom is -0.497 e. The van der Waals surface area contributed by atoms with Crippen LogP contribution in [0.1, 0.15) is 15.9 Å². The molecule has 1 N–H and O–H groups in total. The SMILES string of the molecule is COc1ccc(Oc2cc3c(cc2S(=O)(=O)N2CCOCC2)C(=O)Nc2cc(C)ccc2O3)cc1. The van der Waals surface area contributed by atoms with E-state index in [2.05, 4.69) is 5.32 Å². The summed E-state index contributed by atoms with van der Waals surface area (Å²) in [5.74, 6) is 1.24. The second-order valence-electron chi connectivity index (χ2n) is 8.14. The Morgan fingerprint density at radius 2 is 1.66 bits per heavy atom. The van der Waals surface area contributed by atoms with E-state index in [0.717, 1.165) is 5.56 Å². The molecule has 10 heteroatoms. The molecule has 1 fully saturated rings. The molecule has 0 aliphatic carbocycles. The lowest BCUT2D eigenvalue weighted by molar-refractivity contribution is 0.0729. The molecule has 0 saturated carbocycles. The highest BCUT2D eigenvalue weighted by Crippen LogP contribution is 2.42. The van der Waals surface area contributed by atoms with Crippen LogP contribution in [0, 0.1) is 6.92 Å². The van der Waals surface area contributed by atoms with Gasteiger partial charge >= 0.3 is 0 Å².